The molecule has 1 aliphatic heterocycles. The molecular weight excluding hydrogens is 546 g/mol. The van der Waals surface area contributed by atoms with Crippen LogP contribution in [0, 0.1) is 11.6 Å². The lowest BCUT2D eigenvalue weighted by molar-refractivity contribution is 0.0520. The molecule has 222 valence electrons. The van der Waals surface area contributed by atoms with Gasteiger partial charge in [0.25, 0.3) is 5.91 Å². The number of rotatable bonds is 10. The normalized spacial score (nSPS) is 14.8. The quantitative estimate of drug-likeness (QED) is 0.258. The number of aryl methyl sites for hydroxylation is 1. The van der Waals surface area contributed by atoms with Crippen molar-refractivity contribution in [3.63, 3.8) is 0 Å². The Morgan fingerprint density at radius 3 is 2.55 bits per heavy atom. The predicted molar refractivity (Wildman–Crippen MR) is 154 cm³/mol. The van der Waals surface area contributed by atoms with Gasteiger partial charge in [0, 0.05) is 56.9 Å². The molecule has 0 radical (unpaired) electrons. The number of nitrogens with zero attached hydrogens (tertiary/aromatic N) is 7. The predicted octanol–water partition coefficient (Wildman–Crippen LogP) is 3.46. The van der Waals surface area contributed by atoms with Gasteiger partial charge in [-0.05, 0) is 43.0 Å². The summed E-state index contributed by atoms with van der Waals surface area (Å²) in [5.41, 5.74) is 1.58. The molecule has 1 fully saturated rings. The fraction of sp³-hybridized carbons (Fsp3) is 0.414. The van der Waals surface area contributed by atoms with E-state index >= 15 is 8.78 Å². The van der Waals surface area contributed by atoms with Crippen molar-refractivity contribution in [1.82, 2.24) is 29.4 Å². The maximum absolute atomic E-state index is 15.3. The molecule has 0 saturated carbocycles. The Morgan fingerprint density at radius 2 is 1.88 bits per heavy atom. The van der Waals surface area contributed by atoms with Crippen LogP contribution < -0.4 is 10.2 Å². The number of piperidine rings is 1. The number of hydrogen-bond donors (Lipinski definition) is 3. The Kier molecular flexibility index (Phi) is 8.88. The highest BCUT2D eigenvalue weighted by Crippen LogP contribution is 2.33. The number of anilines is 3. The Hall–Kier alpha value is -4.23. The van der Waals surface area contributed by atoms with Crippen LogP contribution in [0.3, 0.4) is 0 Å². The topological polar surface area (TPSA) is 133 Å². The van der Waals surface area contributed by atoms with Gasteiger partial charge in [-0.25, -0.2) is 28.7 Å². The summed E-state index contributed by atoms with van der Waals surface area (Å²) in [6.45, 7) is 2.93. The van der Waals surface area contributed by atoms with Crippen LogP contribution in [0.1, 0.15) is 48.1 Å². The molecule has 4 heterocycles. The van der Waals surface area contributed by atoms with E-state index in [1.807, 2.05) is 17.0 Å². The number of carbonyl (C=O) groups excluding carboxylic acids is 1. The van der Waals surface area contributed by atoms with E-state index in [1.54, 1.807) is 0 Å². The van der Waals surface area contributed by atoms with Crippen LogP contribution >= 0.6 is 0 Å². The summed E-state index contributed by atoms with van der Waals surface area (Å²) in [6.07, 6.45) is 8.82. The summed E-state index contributed by atoms with van der Waals surface area (Å²) in [5, 5.41) is 21.6. The first kappa shape index (κ1) is 29.3. The maximum Gasteiger partial charge on any atom is 0.253 e. The van der Waals surface area contributed by atoms with E-state index in [9.17, 15) is 9.90 Å². The average Bonchev–Trinajstić information content (AvgIpc) is 3.35. The van der Waals surface area contributed by atoms with Crippen LogP contribution in [0.4, 0.5) is 26.2 Å². The lowest BCUT2D eigenvalue weighted by Crippen LogP contribution is -2.35. The minimum absolute atomic E-state index is 0.00117. The number of nitrogens with one attached hydrogen (secondary N) is 1. The first-order chi connectivity index (χ1) is 20.3. The molecule has 0 bridgehead atoms. The molecule has 3 aromatic heterocycles. The number of aromatic nitrogens is 5. The molecule has 13 heteroatoms. The molecule has 4 aromatic rings. The number of hydrogen-bond acceptors (Lipinski definition) is 9. The smallest absolute Gasteiger partial charge is 0.253 e. The van der Waals surface area contributed by atoms with Crippen molar-refractivity contribution < 1.29 is 23.8 Å². The second-order valence-electron chi connectivity index (χ2n) is 10.5. The summed E-state index contributed by atoms with van der Waals surface area (Å²) in [5.74, 6) is -0.987. The minimum Gasteiger partial charge on any atom is -0.394 e. The zero-order valence-corrected chi connectivity index (χ0v) is 23.5. The van der Waals surface area contributed by atoms with E-state index in [0.29, 0.717) is 24.7 Å². The Labute approximate surface area is 241 Å². The van der Waals surface area contributed by atoms with Gasteiger partial charge in [0.2, 0.25) is 5.95 Å². The van der Waals surface area contributed by atoms with E-state index in [2.05, 4.69) is 37.1 Å². The highest BCUT2D eigenvalue weighted by atomic mass is 19.1. The largest absolute Gasteiger partial charge is 0.394 e. The lowest BCUT2D eigenvalue weighted by Gasteiger charge is -2.32. The third kappa shape index (κ3) is 6.16. The molecular formula is C29H34F2N8O3. The second-order valence-corrected chi connectivity index (χ2v) is 10.5. The van der Waals surface area contributed by atoms with E-state index < -0.39 is 30.3 Å². The molecule has 0 aliphatic carbocycles. The van der Waals surface area contributed by atoms with Crippen LogP contribution in [0.5, 0.6) is 0 Å². The average molecular weight is 581 g/mol. The van der Waals surface area contributed by atoms with E-state index in [4.69, 9.17) is 5.11 Å². The van der Waals surface area contributed by atoms with Gasteiger partial charge in [0.05, 0.1) is 23.8 Å². The van der Waals surface area contributed by atoms with Crippen LogP contribution in [-0.4, -0.2) is 84.9 Å². The van der Waals surface area contributed by atoms with Crippen molar-refractivity contribution in [2.75, 3.05) is 43.5 Å². The highest BCUT2D eigenvalue weighted by Gasteiger charge is 2.26. The van der Waals surface area contributed by atoms with Crippen molar-refractivity contribution >= 4 is 34.4 Å². The summed E-state index contributed by atoms with van der Waals surface area (Å²) >= 11 is 0. The number of likely N-dealkylation sites (N-methyl/N-ethyl adjacent to an activating group) is 1. The van der Waals surface area contributed by atoms with Gasteiger partial charge in [-0.1, -0.05) is 13.3 Å². The van der Waals surface area contributed by atoms with Crippen molar-refractivity contribution in [3.05, 3.63) is 65.9 Å². The second kappa shape index (κ2) is 12.7. The third-order valence-electron chi connectivity index (χ3n) is 7.45. The van der Waals surface area contributed by atoms with Gasteiger partial charge < -0.3 is 29.9 Å². The molecule has 1 saturated heterocycles. The van der Waals surface area contributed by atoms with Gasteiger partial charge in [-0.2, -0.15) is 0 Å². The molecule has 1 atom stereocenters. The van der Waals surface area contributed by atoms with Gasteiger partial charge in [-0.15, -0.1) is 0 Å². The molecule has 1 unspecified atom stereocenters. The van der Waals surface area contributed by atoms with Gasteiger partial charge >= 0.3 is 0 Å². The Balaban J connectivity index is 1.30. The number of halogens is 2. The van der Waals surface area contributed by atoms with E-state index in [0.717, 1.165) is 37.3 Å². The SMILES string of the molecule is CCCc1cnc(N2CCC(n3cc(F)c4c(Nc5ccc(C(=O)N(C)CC(O)CO)cc5F)ncnc43)CC2)nc1. The summed E-state index contributed by atoms with van der Waals surface area (Å²) in [6, 6.07) is 3.85. The molecule has 1 aromatic carbocycles. The highest BCUT2D eigenvalue weighted by molar-refractivity contribution is 5.95. The van der Waals surface area contributed by atoms with Crippen LogP contribution in [0.2, 0.25) is 0 Å². The fourth-order valence-electron chi connectivity index (χ4n) is 5.24. The summed E-state index contributed by atoms with van der Waals surface area (Å²) < 4.78 is 32.2. The molecule has 42 heavy (non-hydrogen) atoms. The number of benzene rings is 1. The number of aliphatic hydroxyl groups excluding tert-OH is 2. The molecule has 11 nitrogen and oxygen atoms in total. The first-order valence-corrected chi connectivity index (χ1v) is 14.0. The first-order valence-electron chi connectivity index (χ1n) is 14.0. The van der Waals surface area contributed by atoms with Gasteiger partial charge in [0.15, 0.2) is 5.82 Å². The molecule has 5 rings (SSSR count). The van der Waals surface area contributed by atoms with Gasteiger partial charge in [0.1, 0.15) is 23.6 Å². The summed E-state index contributed by atoms with van der Waals surface area (Å²) in [7, 11) is 1.44. The monoisotopic (exact) mass is 580 g/mol. The van der Waals surface area contributed by atoms with Gasteiger partial charge in [-0.3, -0.25) is 4.79 Å². The lowest BCUT2D eigenvalue weighted by atomic mass is 10.1. The Bertz CT molecular complexity index is 1540. The van der Waals surface area contributed by atoms with Crippen molar-refractivity contribution in [1.29, 1.82) is 0 Å². The molecule has 0 spiro atoms. The van der Waals surface area contributed by atoms with Crippen LogP contribution in [0.25, 0.3) is 11.0 Å². The molecule has 1 aliphatic rings. The number of aliphatic hydroxyl groups is 2. The molecule has 3 N–H and O–H groups in total. The van der Waals surface area contributed by atoms with E-state index in [1.165, 1.54) is 36.6 Å². The van der Waals surface area contributed by atoms with Crippen molar-refractivity contribution in [2.24, 2.45) is 0 Å². The van der Waals surface area contributed by atoms with Crippen LogP contribution in [0.15, 0.2) is 43.1 Å². The van der Waals surface area contributed by atoms with E-state index in [-0.39, 0.29) is 35.0 Å². The fourth-order valence-corrected chi connectivity index (χ4v) is 5.24. The maximum atomic E-state index is 15.3. The van der Waals surface area contributed by atoms with Crippen molar-refractivity contribution in [2.45, 2.75) is 44.8 Å². The molecule has 1 amide bonds. The number of carbonyl (C=O) groups is 1. The zero-order valence-electron chi connectivity index (χ0n) is 23.5. The summed E-state index contributed by atoms with van der Waals surface area (Å²) in [4.78, 5) is 33.5. The van der Waals surface area contributed by atoms with Crippen LogP contribution in [-0.2, 0) is 6.42 Å². The zero-order chi connectivity index (χ0) is 29.8. The standard InChI is InChI=1S/C29H34F2N8O3/c1-3-4-18-12-32-29(33-13-18)38-9-7-20(8-10-38)39-15-23(31)25-26(34-17-35-27(25)39)36-24-6-5-19(11-22(24)30)28(42)37(2)14-21(41)16-40/h5-6,11-13,15,17,20-21,40-41H,3-4,7-10,14,16H2,1-2H3,(H,34,35,36). The van der Waals surface area contributed by atoms with Crippen molar-refractivity contribution in [3.8, 4) is 0 Å². The minimum atomic E-state index is -1.10. The third-order valence-corrected chi connectivity index (χ3v) is 7.45. The Morgan fingerprint density at radius 1 is 1.14 bits per heavy atom. The number of fused-ring (bicyclic) bond motifs is 1. The number of amides is 1.